The molecule has 0 aliphatic carbocycles. The van der Waals surface area contributed by atoms with Crippen LogP contribution in [0.2, 0.25) is 0 Å². The summed E-state index contributed by atoms with van der Waals surface area (Å²) in [6.07, 6.45) is 3.47. The molecule has 68 valence electrons. The highest BCUT2D eigenvalue weighted by atomic mass is 32.1. The lowest BCUT2D eigenvalue weighted by Crippen LogP contribution is -2.13. The summed E-state index contributed by atoms with van der Waals surface area (Å²) in [4.78, 5) is 6.93. The van der Waals surface area contributed by atoms with Gasteiger partial charge in [-0.05, 0) is 11.5 Å². The molecule has 2 rings (SSSR count). The SMILES string of the molecule is c1ncc(CNCc2csnn2)[nH]1. The van der Waals surface area contributed by atoms with Crippen LogP contribution in [-0.4, -0.2) is 19.6 Å². The summed E-state index contributed by atoms with van der Waals surface area (Å²) >= 11 is 1.37. The second-order valence-corrected chi connectivity index (χ2v) is 3.19. The van der Waals surface area contributed by atoms with Crippen molar-refractivity contribution in [1.82, 2.24) is 24.9 Å². The van der Waals surface area contributed by atoms with E-state index in [2.05, 4.69) is 24.9 Å². The summed E-state index contributed by atoms with van der Waals surface area (Å²) in [5.41, 5.74) is 2.05. The average Bonchev–Trinajstić information content (AvgIpc) is 2.75. The van der Waals surface area contributed by atoms with E-state index in [4.69, 9.17) is 0 Å². The molecule has 2 aromatic heterocycles. The molecule has 0 atom stereocenters. The number of aromatic nitrogens is 4. The minimum Gasteiger partial charge on any atom is -0.347 e. The van der Waals surface area contributed by atoms with E-state index in [9.17, 15) is 0 Å². The Labute approximate surface area is 79.4 Å². The van der Waals surface area contributed by atoms with E-state index in [1.807, 2.05) is 5.38 Å². The van der Waals surface area contributed by atoms with Gasteiger partial charge in [0, 0.05) is 30.4 Å². The van der Waals surface area contributed by atoms with Crippen molar-refractivity contribution >= 4 is 11.5 Å². The van der Waals surface area contributed by atoms with Gasteiger partial charge in [0.15, 0.2) is 0 Å². The first-order chi connectivity index (χ1) is 6.45. The van der Waals surface area contributed by atoms with E-state index in [1.54, 1.807) is 12.5 Å². The number of nitrogens with one attached hydrogen (secondary N) is 2. The third-order valence-electron chi connectivity index (χ3n) is 1.58. The maximum Gasteiger partial charge on any atom is 0.0922 e. The summed E-state index contributed by atoms with van der Waals surface area (Å²) < 4.78 is 3.77. The van der Waals surface area contributed by atoms with Crippen LogP contribution in [0.15, 0.2) is 17.9 Å². The van der Waals surface area contributed by atoms with Crippen LogP contribution in [0.3, 0.4) is 0 Å². The second-order valence-electron chi connectivity index (χ2n) is 2.58. The quantitative estimate of drug-likeness (QED) is 0.747. The first-order valence-electron chi connectivity index (χ1n) is 3.89. The number of nitrogens with zero attached hydrogens (tertiary/aromatic N) is 3. The highest BCUT2D eigenvalue weighted by molar-refractivity contribution is 7.03. The molecule has 5 nitrogen and oxygen atoms in total. The van der Waals surface area contributed by atoms with Crippen LogP contribution in [0.4, 0.5) is 0 Å². The summed E-state index contributed by atoms with van der Waals surface area (Å²) in [7, 11) is 0. The molecule has 2 N–H and O–H groups in total. The second kappa shape index (κ2) is 4.11. The molecule has 0 saturated heterocycles. The molecule has 0 fully saturated rings. The van der Waals surface area contributed by atoms with Crippen molar-refractivity contribution in [1.29, 1.82) is 0 Å². The third kappa shape index (κ3) is 2.33. The first-order valence-corrected chi connectivity index (χ1v) is 4.73. The average molecular weight is 195 g/mol. The Morgan fingerprint density at radius 1 is 1.46 bits per heavy atom. The predicted octanol–water partition coefficient (Wildman–Crippen LogP) is 0.551. The molecule has 0 aliphatic heterocycles. The largest absolute Gasteiger partial charge is 0.347 e. The van der Waals surface area contributed by atoms with Crippen molar-refractivity contribution in [3.63, 3.8) is 0 Å². The molecule has 0 bridgehead atoms. The van der Waals surface area contributed by atoms with Crippen molar-refractivity contribution in [2.75, 3.05) is 0 Å². The fraction of sp³-hybridized carbons (Fsp3) is 0.286. The van der Waals surface area contributed by atoms with Gasteiger partial charge < -0.3 is 10.3 Å². The fourth-order valence-electron chi connectivity index (χ4n) is 0.968. The van der Waals surface area contributed by atoms with Crippen molar-refractivity contribution in [2.45, 2.75) is 13.1 Å². The van der Waals surface area contributed by atoms with Gasteiger partial charge in [0.25, 0.3) is 0 Å². The Hall–Kier alpha value is -1.27. The standard InChI is InChI=1S/C7H9N5S/c1(6-2-9-5-10-6)8-3-7-4-13-12-11-7/h2,4-5,8H,1,3H2,(H,9,10). The van der Waals surface area contributed by atoms with E-state index >= 15 is 0 Å². The fourth-order valence-corrected chi connectivity index (χ4v) is 1.42. The molecular weight excluding hydrogens is 186 g/mol. The Morgan fingerprint density at radius 3 is 3.15 bits per heavy atom. The Balaban J connectivity index is 1.76. The molecule has 0 spiro atoms. The number of aromatic amines is 1. The van der Waals surface area contributed by atoms with E-state index < -0.39 is 0 Å². The van der Waals surface area contributed by atoms with Crippen LogP contribution in [0.1, 0.15) is 11.4 Å². The monoisotopic (exact) mass is 195 g/mol. The molecule has 0 saturated carbocycles. The zero-order valence-electron chi connectivity index (χ0n) is 6.90. The molecule has 2 heterocycles. The highest BCUT2D eigenvalue weighted by Gasteiger charge is 1.96. The van der Waals surface area contributed by atoms with E-state index in [0.717, 1.165) is 24.5 Å². The number of hydrogen-bond donors (Lipinski definition) is 2. The van der Waals surface area contributed by atoms with Gasteiger partial charge in [-0.2, -0.15) is 0 Å². The molecule has 0 unspecified atom stereocenters. The summed E-state index contributed by atoms with van der Waals surface area (Å²) in [6, 6.07) is 0. The van der Waals surface area contributed by atoms with Crippen LogP contribution < -0.4 is 5.32 Å². The topological polar surface area (TPSA) is 66.5 Å². The van der Waals surface area contributed by atoms with Crippen LogP contribution in [-0.2, 0) is 13.1 Å². The Morgan fingerprint density at radius 2 is 2.46 bits per heavy atom. The van der Waals surface area contributed by atoms with E-state index in [0.29, 0.717) is 0 Å². The molecular formula is C7H9N5S. The van der Waals surface area contributed by atoms with Gasteiger partial charge in [-0.1, -0.05) is 4.49 Å². The maximum atomic E-state index is 3.92. The van der Waals surface area contributed by atoms with Crippen LogP contribution in [0, 0.1) is 0 Å². The minimum atomic E-state index is 0.746. The molecule has 0 radical (unpaired) electrons. The van der Waals surface area contributed by atoms with E-state index in [-0.39, 0.29) is 0 Å². The summed E-state index contributed by atoms with van der Waals surface area (Å²) in [5.74, 6) is 0. The number of imidazole rings is 1. The molecule has 13 heavy (non-hydrogen) atoms. The summed E-state index contributed by atoms with van der Waals surface area (Å²) in [6.45, 7) is 1.52. The Bertz CT molecular complexity index is 293. The van der Waals surface area contributed by atoms with Gasteiger partial charge in [0.05, 0.1) is 12.0 Å². The third-order valence-corrected chi connectivity index (χ3v) is 2.13. The molecule has 0 aromatic carbocycles. The lowest BCUT2D eigenvalue weighted by molar-refractivity contribution is 0.668. The number of H-pyrrole nitrogens is 1. The molecule has 6 heteroatoms. The van der Waals surface area contributed by atoms with Crippen molar-refractivity contribution in [2.24, 2.45) is 0 Å². The van der Waals surface area contributed by atoms with Crippen molar-refractivity contribution in [3.05, 3.63) is 29.3 Å². The van der Waals surface area contributed by atoms with Gasteiger partial charge in [-0.25, -0.2) is 4.98 Å². The van der Waals surface area contributed by atoms with Crippen molar-refractivity contribution in [3.8, 4) is 0 Å². The lowest BCUT2D eigenvalue weighted by atomic mass is 10.4. The lowest BCUT2D eigenvalue weighted by Gasteiger charge is -1.98. The van der Waals surface area contributed by atoms with Crippen LogP contribution >= 0.6 is 11.5 Å². The molecule has 0 aliphatic rings. The van der Waals surface area contributed by atoms with E-state index in [1.165, 1.54) is 11.5 Å². The normalized spacial score (nSPS) is 10.5. The number of hydrogen-bond acceptors (Lipinski definition) is 5. The zero-order valence-corrected chi connectivity index (χ0v) is 7.71. The number of rotatable bonds is 4. The minimum absolute atomic E-state index is 0.746. The maximum absolute atomic E-state index is 3.92. The van der Waals surface area contributed by atoms with Gasteiger partial charge >= 0.3 is 0 Å². The van der Waals surface area contributed by atoms with Crippen LogP contribution in [0.5, 0.6) is 0 Å². The first kappa shape index (κ1) is 8.33. The zero-order chi connectivity index (χ0) is 8.93. The molecule has 0 amide bonds. The summed E-state index contributed by atoms with van der Waals surface area (Å²) in [5, 5.41) is 9.07. The Kier molecular flexibility index (Phi) is 2.63. The van der Waals surface area contributed by atoms with Crippen molar-refractivity contribution < 1.29 is 0 Å². The highest BCUT2D eigenvalue weighted by Crippen LogP contribution is 1.96. The van der Waals surface area contributed by atoms with Gasteiger partial charge in [0.2, 0.25) is 0 Å². The predicted molar refractivity (Wildman–Crippen MR) is 49.0 cm³/mol. The smallest absolute Gasteiger partial charge is 0.0922 e. The van der Waals surface area contributed by atoms with Gasteiger partial charge in [0.1, 0.15) is 0 Å². The van der Waals surface area contributed by atoms with Gasteiger partial charge in [-0.3, -0.25) is 0 Å². The molecule has 2 aromatic rings. The van der Waals surface area contributed by atoms with Crippen LogP contribution in [0.25, 0.3) is 0 Å². The van der Waals surface area contributed by atoms with Gasteiger partial charge in [-0.15, -0.1) is 5.10 Å².